The van der Waals surface area contributed by atoms with Gasteiger partial charge in [-0.15, -0.1) is 0 Å². The zero-order chi connectivity index (χ0) is 14.4. The van der Waals surface area contributed by atoms with Crippen molar-refractivity contribution in [2.24, 2.45) is 0 Å². The highest BCUT2D eigenvalue weighted by atomic mass is 32.2. The summed E-state index contributed by atoms with van der Waals surface area (Å²) in [5.41, 5.74) is 0. The van der Waals surface area contributed by atoms with Gasteiger partial charge in [-0.2, -0.15) is 5.10 Å². The summed E-state index contributed by atoms with van der Waals surface area (Å²) >= 11 is 0. The maximum absolute atomic E-state index is 12.1. The molecule has 0 radical (unpaired) electrons. The second-order valence-electron chi connectivity index (χ2n) is 4.88. The number of nitrogens with zero attached hydrogens (tertiary/aromatic N) is 2. The first-order valence-corrected chi connectivity index (χ1v) is 8.38. The Morgan fingerprint density at radius 3 is 3.10 bits per heavy atom. The van der Waals surface area contributed by atoms with Crippen molar-refractivity contribution in [1.29, 1.82) is 0 Å². The van der Waals surface area contributed by atoms with E-state index in [0.717, 1.165) is 32.4 Å². The smallest absolute Gasteiger partial charge is 0.243 e. The van der Waals surface area contributed by atoms with Gasteiger partial charge >= 0.3 is 0 Å². The molecule has 2 heterocycles. The zero-order valence-electron chi connectivity index (χ0n) is 11.7. The molecule has 1 aromatic heterocycles. The van der Waals surface area contributed by atoms with Crippen LogP contribution in [0, 0.1) is 0 Å². The Bertz CT molecular complexity index is 509. The molecule has 20 heavy (non-hydrogen) atoms. The maximum Gasteiger partial charge on any atom is 0.243 e. The van der Waals surface area contributed by atoms with Crippen LogP contribution in [-0.2, 0) is 21.3 Å². The lowest BCUT2D eigenvalue weighted by Gasteiger charge is -2.10. The number of ether oxygens (including phenoxy) is 1. The van der Waals surface area contributed by atoms with E-state index in [0.29, 0.717) is 13.1 Å². The molecule has 0 aliphatic carbocycles. The summed E-state index contributed by atoms with van der Waals surface area (Å²) in [4.78, 5) is 0.208. The first-order valence-electron chi connectivity index (χ1n) is 6.90. The van der Waals surface area contributed by atoms with Crippen molar-refractivity contribution in [3.8, 4) is 0 Å². The molecule has 1 saturated heterocycles. The van der Waals surface area contributed by atoms with Gasteiger partial charge in [0.05, 0.1) is 12.3 Å². The Kier molecular flexibility index (Phi) is 5.53. The van der Waals surface area contributed by atoms with Crippen LogP contribution in [0.15, 0.2) is 17.3 Å². The van der Waals surface area contributed by atoms with Crippen molar-refractivity contribution in [3.63, 3.8) is 0 Å². The molecule has 0 saturated carbocycles. The van der Waals surface area contributed by atoms with Crippen LogP contribution in [0.3, 0.4) is 0 Å². The second kappa shape index (κ2) is 7.16. The van der Waals surface area contributed by atoms with Crippen molar-refractivity contribution in [2.75, 3.05) is 26.7 Å². The fraction of sp³-hybridized carbons (Fsp3) is 0.750. The third-order valence-corrected chi connectivity index (χ3v) is 4.64. The van der Waals surface area contributed by atoms with Gasteiger partial charge in [-0.3, -0.25) is 4.68 Å². The molecule has 0 amide bonds. The molecular weight excluding hydrogens is 280 g/mol. The lowest BCUT2D eigenvalue weighted by molar-refractivity contribution is 0.114. The van der Waals surface area contributed by atoms with Crippen molar-refractivity contribution in [2.45, 2.75) is 36.8 Å². The third kappa shape index (κ3) is 4.27. The minimum absolute atomic E-state index is 0.00421. The predicted molar refractivity (Wildman–Crippen MR) is 74.9 cm³/mol. The number of hydrogen-bond donors (Lipinski definition) is 2. The number of hydrogen-bond acceptors (Lipinski definition) is 5. The van der Waals surface area contributed by atoms with Crippen LogP contribution in [0.4, 0.5) is 0 Å². The second-order valence-corrected chi connectivity index (χ2v) is 6.65. The average Bonchev–Trinajstić information content (AvgIpc) is 3.08. The summed E-state index contributed by atoms with van der Waals surface area (Å²) in [6.45, 7) is 2.62. The molecule has 1 aliphatic rings. The topological polar surface area (TPSA) is 85.2 Å². The largest absolute Gasteiger partial charge is 0.377 e. The Balaban J connectivity index is 1.88. The van der Waals surface area contributed by atoms with Gasteiger partial charge in [-0.25, -0.2) is 13.1 Å². The molecule has 1 aromatic rings. The van der Waals surface area contributed by atoms with E-state index in [1.54, 1.807) is 10.9 Å². The molecule has 7 nitrogen and oxygen atoms in total. The first-order chi connectivity index (χ1) is 9.62. The van der Waals surface area contributed by atoms with Crippen LogP contribution in [0.2, 0.25) is 0 Å². The van der Waals surface area contributed by atoms with Crippen LogP contribution in [0.5, 0.6) is 0 Å². The van der Waals surface area contributed by atoms with E-state index in [2.05, 4.69) is 15.1 Å². The molecule has 2 rings (SSSR count). The molecule has 1 fully saturated rings. The molecule has 0 aromatic carbocycles. The minimum atomic E-state index is -3.49. The number of nitrogens with one attached hydrogen (secondary N) is 2. The van der Waals surface area contributed by atoms with E-state index in [1.807, 2.05) is 7.05 Å². The third-order valence-electron chi connectivity index (χ3n) is 3.26. The van der Waals surface area contributed by atoms with Gasteiger partial charge in [0.2, 0.25) is 10.0 Å². The molecule has 2 N–H and O–H groups in total. The van der Waals surface area contributed by atoms with Crippen LogP contribution in [0.1, 0.15) is 19.3 Å². The molecule has 1 atom stereocenters. The highest BCUT2D eigenvalue weighted by Gasteiger charge is 2.21. The minimum Gasteiger partial charge on any atom is -0.377 e. The van der Waals surface area contributed by atoms with Gasteiger partial charge in [0.1, 0.15) is 4.90 Å². The van der Waals surface area contributed by atoms with Gasteiger partial charge < -0.3 is 10.1 Å². The quantitative estimate of drug-likeness (QED) is 0.658. The zero-order valence-corrected chi connectivity index (χ0v) is 12.5. The lowest BCUT2D eigenvalue weighted by Crippen LogP contribution is -2.31. The van der Waals surface area contributed by atoms with E-state index in [-0.39, 0.29) is 11.0 Å². The van der Waals surface area contributed by atoms with Crippen molar-refractivity contribution in [3.05, 3.63) is 12.4 Å². The SMILES string of the molecule is CNCCCn1cc(S(=O)(=O)NCC2CCCO2)cn1. The summed E-state index contributed by atoms with van der Waals surface area (Å²) in [5.74, 6) is 0. The van der Waals surface area contributed by atoms with Crippen molar-refractivity contribution in [1.82, 2.24) is 19.8 Å². The Morgan fingerprint density at radius 2 is 2.40 bits per heavy atom. The molecule has 8 heteroatoms. The predicted octanol–water partition coefficient (Wildman–Crippen LogP) is -0.0501. The summed E-state index contributed by atoms with van der Waals surface area (Å²) in [6.07, 6.45) is 5.75. The summed E-state index contributed by atoms with van der Waals surface area (Å²) in [5, 5.41) is 7.11. The Hall–Kier alpha value is -0.960. The van der Waals surface area contributed by atoms with Crippen LogP contribution in [0.25, 0.3) is 0 Å². The Labute approximate surface area is 119 Å². The van der Waals surface area contributed by atoms with Gasteiger partial charge in [-0.05, 0) is 32.9 Å². The number of aryl methyl sites for hydroxylation is 1. The summed E-state index contributed by atoms with van der Waals surface area (Å²) in [7, 11) is -1.60. The fourth-order valence-corrected chi connectivity index (χ4v) is 3.13. The van der Waals surface area contributed by atoms with E-state index < -0.39 is 10.0 Å². The highest BCUT2D eigenvalue weighted by molar-refractivity contribution is 7.89. The Morgan fingerprint density at radius 1 is 1.55 bits per heavy atom. The van der Waals surface area contributed by atoms with Crippen LogP contribution in [-0.4, -0.2) is 51.0 Å². The summed E-state index contributed by atoms with van der Waals surface area (Å²) in [6, 6.07) is 0. The standard InChI is InChI=1S/C12H22N4O3S/c1-13-5-3-6-16-10-12(9-14-16)20(17,18)15-8-11-4-2-7-19-11/h9-11,13,15H,2-8H2,1H3. The lowest BCUT2D eigenvalue weighted by atomic mass is 10.2. The average molecular weight is 302 g/mol. The molecule has 0 spiro atoms. The van der Waals surface area contributed by atoms with Gasteiger partial charge in [-0.1, -0.05) is 0 Å². The van der Waals surface area contributed by atoms with Crippen LogP contribution >= 0.6 is 0 Å². The van der Waals surface area contributed by atoms with E-state index in [4.69, 9.17) is 4.74 Å². The van der Waals surface area contributed by atoms with Crippen molar-refractivity contribution >= 4 is 10.0 Å². The fourth-order valence-electron chi connectivity index (χ4n) is 2.11. The normalized spacial score (nSPS) is 19.6. The molecule has 0 bridgehead atoms. The number of aromatic nitrogens is 2. The number of sulfonamides is 1. The molecule has 114 valence electrons. The maximum atomic E-state index is 12.1. The monoisotopic (exact) mass is 302 g/mol. The number of rotatable bonds is 8. The highest BCUT2D eigenvalue weighted by Crippen LogP contribution is 2.13. The van der Waals surface area contributed by atoms with E-state index >= 15 is 0 Å². The van der Waals surface area contributed by atoms with Gasteiger partial charge in [0.25, 0.3) is 0 Å². The van der Waals surface area contributed by atoms with Gasteiger partial charge in [0, 0.05) is 25.9 Å². The van der Waals surface area contributed by atoms with Crippen LogP contribution < -0.4 is 10.0 Å². The first kappa shape index (κ1) is 15.4. The molecule has 1 unspecified atom stereocenters. The van der Waals surface area contributed by atoms with E-state index in [1.165, 1.54) is 6.20 Å². The molecular formula is C12H22N4O3S. The van der Waals surface area contributed by atoms with E-state index in [9.17, 15) is 8.42 Å². The van der Waals surface area contributed by atoms with Crippen molar-refractivity contribution < 1.29 is 13.2 Å². The summed E-state index contributed by atoms with van der Waals surface area (Å²) < 4.78 is 33.8. The molecule has 1 aliphatic heterocycles. The van der Waals surface area contributed by atoms with Gasteiger partial charge in [0.15, 0.2) is 0 Å².